The Labute approximate surface area is 68.5 Å². The Morgan fingerprint density at radius 1 is 1.73 bits per heavy atom. The molecule has 2 atom stereocenters. The monoisotopic (exact) mass is 168 g/mol. The highest BCUT2D eigenvalue weighted by Crippen LogP contribution is 2.47. The average molecular weight is 168 g/mol. The van der Waals surface area contributed by atoms with Crippen molar-refractivity contribution in [3.63, 3.8) is 0 Å². The lowest BCUT2D eigenvalue weighted by atomic mass is 10.2. The zero-order valence-corrected chi connectivity index (χ0v) is 6.67. The predicted molar refractivity (Wildman–Crippen MR) is 42.8 cm³/mol. The normalized spacial score (nSPS) is 28.4. The fourth-order valence-electron chi connectivity index (χ4n) is 1.32. The largest absolute Gasteiger partial charge is 0.481 e. The van der Waals surface area contributed by atoms with Gasteiger partial charge in [0.1, 0.15) is 0 Å². The molecule has 2 nitrogen and oxygen atoms in total. The third-order valence-electron chi connectivity index (χ3n) is 2.08. The smallest absolute Gasteiger partial charge is 0.307 e. The first-order chi connectivity index (χ1) is 5.29. The zero-order chi connectivity index (χ0) is 7.84. The SMILES string of the molecule is O=C(O)C1CC1c1ccsc1. The van der Waals surface area contributed by atoms with Gasteiger partial charge in [-0.25, -0.2) is 0 Å². The molecule has 2 rings (SSSR count). The van der Waals surface area contributed by atoms with E-state index in [0.29, 0.717) is 5.92 Å². The van der Waals surface area contributed by atoms with E-state index in [1.165, 1.54) is 5.56 Å². The van der Waals surface area contributed by atoms with E-state index >= 15 is 0 Å². The lowest BCUT2D eigenvalue weighted by molar-refractivity contribution is -0.138. The summed E-state index contributed by atoms with van der Waals surface area (Å²) in [5.41, 5.74) is 1.20. The van der Waals surface area contributed by atoms with Crippen molar-refractivity contribution in [1.29, 1.82) is 0 Å². The molecule has 0 aliphatic heterocycles. The fourth-order valence-corrected chi connectivity index (χ4v) is 2.05. The standard InChI is InChI=1S/C8H8O2S/c9-8(10)7-3-6(7)5-1-2-11-4-5/h1-2,4,6-7H,3H2,(H,9,10). The van der Waals surface area contributed by atoms with Crippen molar-refractivity contribution in [3.8, 4) is 0 Å². The van der Waals surface area contributed by atoms with Gasteiger partial charge in [0, 0.05) is 0 Å². The van der Waals surface area contributed by atoms with Crippen LogP contribution in [0.1, 0.15) is 17.9 Å². The molecule has 1 aromatic rings. The highest BCUT2D eigenvalue weighted by Gasteiger charge is 2.44. The molecule has 1 heterocycles. The molecule has 1 fully saturated rings. The molecule has 0 aromatic carbocycles. The predicted octanol–water partition coefficient (Wildman–Crippen LogP) is 1.94. The minimum Gasteiger partial charge on any atom is -0.481 e. The van der Waals surface area contributed by atoms with E-state index < -0.39 is 5.97 Å². The summed E-state index contributed by atoms with van der Waals surface area (Å²) in [4.78, 5) is 10.5. The first-order valence-electron chi connectivity index (χ1n) is 3.54. The number of hydrogen-bond acceptors (Lipinski definition) is 2. The van der Waals surface area contributed by atoms with Gasteiger partial charge in [-0.2, -0.15) is 11.3 Å². The summed E-state index contributed by atoms with van der Waals surface area (Å²) < 4.78 is 0. The molecule has 1 aliphatic carbocycles. The summed E-state index contributed by atoms with van der Waals surface area (Å²) in [7, 11) is 0. The zero-order valence-electron chi connectivity index (χ0n) is 5.86. The van der Waals surface area contributed by atoms with Gasteiger partial charge in [0.25, 0.3) is 0 Å². The number of carboxylic acids is 1. The van der Waals surface area contributed by atoms with Crippen molar-refractivity contribution in [2.45, 2.75) is 12.3 Å². The number of aliphatic carboxylic acids is 1. The summed E-state index contributed by atoms with van der Waals surface area (Å²) in [6.45, 7) is 0. The number of carboxylic acid groups (broad SMARTS) is 1. The van der Waals surface area contributed by atoms with E-state index in [1.807, 2.05) is 16.8 Å². The van der Waals surface area contributed by atoms with Crippen LogP contribution in [0.5, 0.6) is 0 Å². The van der Waals surface area contributed by atoms with Crippen LogP contribution in [-0.4, -0.2) is 11.1 Å². The van der Waals surface area contributed by atoms with Crippen molar-refractivity contribution >= 4 is 17.3 Å². The molecule has 11 heavy (non-hydrogen) atoms. The lowest BCUT2D eigenvalue weighted by Crippen LogP contribution is -1.98. The average Bonchev–Trinajstić information content (AvgIpc) is 2.60. The van der Waals surface area contributed by atoms with E-state index in [9.17, 15) is 4.79 Å². The van der Waals surface area contributed by atoms with Gasteiger partial charge in [-0.3, -0.25) is 4.79 Å². The van der Waals surface area contributed by atoms with Crippen LogP contribution in [0.2, 0.25) is 0 Å². The van der Waals surface area contributed by atoms with Gasteiger partial charge in [0.05, 0.1) is 5.92 Å². The summed E-state index contributed by atoms with van der Waals surface area (Å²) in [5, 5.41) is 12.7. The molecule has 0 bridgehead atoms. The van der Waals surface area contributed by atoms with Crippen molar-refractivity contribution < 1.29 is 9.90 Å². The van der Waals surface area contributed by atoms with Gasteiger partial charge in [0.2, 0.25) is 0 Å². The Balaban J connectivity index is 2.08. The van der Waals surface area contributed by atoms with E-state index in [1.54, 1.807) is 11.3 Å². The summed E-state index contributed by atoms with van der Waals surface area (Å²) in [5.74, 6) is -0.454. The van der Waals surface area contributed by atoms with E-state index in [-0.39, 0.29) is 5.92 Å². The summed E-state index contributed by atoms with van der Waals surface area (Å²) in [6.07, 6.45) is 0.825. The second-order valence-corrected chi connectivity index (χ2v) is 3.62. The number of carbonyl (C=O) groups is 1. The Morgan fingerprint density at radius 3 is 3.00 bits per heavy atom. The molecular weight excluding hydrogens is 160 g/mol. The topological polar surface area (TPSA) is 37.3 Å². The van der Waals surface area contributed by atoms with Crippen molar-refractivity contribution in [1.82, 2.24) is 0 Å². The van der Waals surface area contributed by atoms with Crippen LogP contribution in [-0.2, 0) is 4.79 Å². The summed E-state index contributed by atoms with van der Waals surface area (Å²) >= 11 is 1.63. The van der Waals surface area contributed by atoms with Crippen LogP contribution >= 0.6 is 11.3 Å². The highest BCUT2D eigenvalue weighted by molar-refractivity contribution is 7.08. The Kier molecular flexibility index (Phi) is 1.46. The van der Waals surface area contributed by atoms with Crippen molar-refractivity contribution in [2.75, 3.05) is 0 Å². The Bertz CT molecular complexity index is 266. The van der Waals surface area contributed by atoms with Gasteiger partial charge in [-0.1, -0.05) is 0 Å². The van der Waals surface area contributed by atoms with Gasteiger partial charge in [0.15, 0.2) is 0 Å². The molecule has 58 valence electrons. The van der Waals surface area contributed by atoms with Crippen LogP contribution in [0.4, 0.5) is 0 Å². The van der Waals surface area contributed by atoms with Crippen LogP contribution in [0.3, 0.4) is 0 Å². The van der Waals surface area contributed by atoms with Crippen LogP contribution in [0.25, 0.3) is 0 Å². The van der Waals surface area contributed by atoms with Crippen LogP contribution in [0, 0.1) is 5.92 Å². The second kappa shape index (κ2) is 2.34. The molecule has 1 aromatic heterocycles. The number of hydrogen-bond donors (Lipinski definition) is 1. The van der Waals surface area contributed by atoms with Crippen molar-refractivity contribution in [2.24, 2.45) is 5.92 Å². The fraction of sp³-hybridized carbons (Fsp3) is 0.375. The number of rotatable bonds is 2. The Hall–Kier alpha value is -0.830. The molecule has 3 heteroatoms. The second-order valence-electron chi connectivity index (χ2n) is 2.84. The molecule has 0 radical (unpaired) electrons. The first kappa shape index (κ1) is 6.85. The maximum atomic E-state index is 10.5. The molecule has 1 N–H and O–H groups in total. The Morgan fingerprint density at radius 2 is 2.55 bits per heavy atom. The molecule has 0 spiro atoms. The third-order valence-corrected chi connectivity index (χ3v) is 2.78. The quantitative estimate of drug-likeness (QED) is 0.732. The maximum Gasteiger partial charge on any atom is 0.307 e. The minimum absolute atomic E-state index is 0.107. The first-order valence-corrected chi connectivity index (χ1v) is 4.48. The molecule has 0 amide bonds. The summed E-state index contributed by atoms with van der Waals surface area (Å²) in [6, 6.07) is 2.01. The van der Waals surface area contributed by atoms with E-state index in [0.717, 1.165) is 6.42 Å². The van der Waals surface area contributed by atoms with Gasteiger partial charge >= 0.3 is 5.97 Å². The van der Waals surface area contributed by atoms with E-state index in [2.05, 4.69) is 0 Å². The minimum atomic E-state index is -0.652. The molecule has 0 saturated heterocycles. The van der Waals surface area contributed by atoms with Gasteiger partial charge in [-0.05, 0) is 34.7 Å². The highest BCUT2D eigenvalue weighted by atomic mass is 32.1. The maximum absolute atomic E-state index is 10.5. The van der Waals surface area contributed by atoms with Crippen LogP contribution < -0.4 is 0 Å². The van der Waals surface area contributed by atoms with Gasteiger partial charge in [-0.15, -0.1) is 0 Å². The van der Waals surface area contributed by atoms with Gasteiger partial charge < -0.3 is 5.11 Å². The molecule has 1 saturated carbocycles. The van der Waals surface area contributed by atoms with E-state index in [4.69, 9.17) is 5.11 Å². The number of thiophene rings is 1. The molecule has 1 aliphatic rings. The van der Waals surface area contributed by atoms with Crippen molar-refractivity contribution in [3.05, 3.63) is 22.4 Å². The molecule has 2 unspecified atom stereocenters. The van der Waals surface area contributed by atoms with Crippen LogP contribution in [0.15, 0.2) is 16.8 Å². The third kappa shape index (κ3) is 1.16. The lowest BCUT2D eigenvalue weighted by Gasteiger charge is -1.89. The molecular formula is C8H8O2S.